The smallest absolute Gasteiger partial charge is 0.257 e. The van der Waals surface area contributed by atoms with Crippen molar-refractivity contribution in [2.45, 2.75) is 26.3 Å². The molecule has 1 saturated heterocycles. The SMILES string of the molecule is CCc1c(C(=O)N2CCCN(Cc3ccc(F)cc3)CC2)cnn1C. The molecule has 134 valence electrons. The molecular weight excluding hydrogens is 319 g/mol. The van der Waals surface area contributed by atoms with E-state index >= 15 is 0 Å². The Balaban J connectivity index is 1.63. The first-order chi connectivity index (χ1) is 12.1. The van der Waals surface area contributed by atoms with E-state index in [0.29, 0.717) is 6.54 Å². The topological polar surface area (TPSA) is 41.4 Å². The minimum Gasteiger partial charge on any atom is -0.337 e. The van der Waals surface area contributed by atoms with Gasteiger partial charge in [0, 0.05) is 39.8 Å². The fraction of sp³-hybridized carbons (Fsp3) is 0.474. The zero-order chi connectivity index (χ0) is 17.8. The molecule has 2 aromatic rings. The number of aromatic nitrogens is 2. The van der Waals surface area contributed by atoms with Gasteiger partial charge in [-0.3, -0.25) is 14.4 Å². The lowest BCUT2D eigenvalue weighted by atomic mass is 10.2. The summed E-state index contributed by atoms with van der Waals surface area (Å²) in [6.07, 6.45) is 3.42. The number of hydrogen-bond donors (Lipinski definition) is 0. The van der Waals surface area contributed by atoms with Crippen LogP contribution >= 0.6 is 0 Å². The van der Waals surface area contributed by atoms with E-state index in [9.17, 15) is 9.18 Å². The van der Waals surface area contributed by atoms with E-state index in [4.69, 9.17) is 0 Å². The van der Waals surface area contributed by atoms with Gasteiger partial charge >= 0.3 is 0 Å². The number of aryl methyl sites for hydroxylation is 1. The Labute approximate surface area is 148 Å². The molecule has 6 heteroatoms. The van der Waals surface area contributed by atoms with Gasteiger partial charge in [0.2, 0.25) is 0 Å². The quantitative estimate of drug-likeness (QED) is 0.856. The van der Waals surface area contributed by atoms with Crippen LogP contribution in [0.5, 0.6) is 0 Å². The molecule has 5 nitrogen and oxygen atoms in total. The van der Waals surface area contributed by atoms with Crippen molar-refractivity contribution in [1.82, 2.24) is 19.6 Å². The summed E-state index contributed by atoms with van der Waals surface area (Å²) in [4.78, 5) is 17.1. The molecule has 0 aliphatic carbocycles. The van der Waals surface area contributed by atoms with Crippen LogP contribution in [-0.4, -0.2) is 51.7 Å². The van der Waals surface area contributed by atoms with Crippen LogP contribution in [0.25, 0.3) is 0 Å². The molecule has 25 heavy (non-hydrogen) atoms. The number of rotatable bonds is 4. The summed E-state index contributed by atoms with van der Waals surface area (Å²) in [5.74, 6) is -0.131. The lowest BCUT2D eigenvalue weighted by molar-refractivity contribution is 0.0760. The number of carbonyl (C=O) groups excluding carboxylic acids is 1. The lowest BCUT2D eigenvalue weighted by Crippen LogP contribution is -2.35. The van der Waals surface area contributed by atoms with Crippen molar-refractivity contribution in [2.75, 3.05) is 26.2 Å². The van der Waals surface area contributed by atoms with Gasteiger partial charge in [-0.25, -0.2) is 4.39 Å². The molecule has 0 unspecified atom stereocenters. The first kappa shape index (κ1) is 17.6. The lowest BCUT2D eigenvalue weighted by Gasteiger charge is -2.22. The summed E-state index contributed by atoms with van der Waals surface area (Å²) < 4.78 is 14.8. The standard InChI is InChI=1S/C19H25FN4O/c1-3-18-17(13-21-22(18)2)19(25)24-10-4-9-23(11-12-24)14-15-5-7-16(20)8-6-15/h5-8,13H,3-4,9-12,14H2,1-2H3. The highest BCUT2D eigenvalue weighted by molar-refractivity contribution is 5.95. The first-order valence-electron chi connectivity index (χ1n) is 8.85. The Morgan fingerprint density at radius 3 is 2.64 bits per heavy atom. The zero-order valence-electron chi connectivity index (χ0n) is 14.9. The summed E-state index contributed by atoms with van der Waals surface area (Å²) in [6.45, 7) is 6.06. The Bertz CT molecular complexity index is 726. The molecule has 2 heterocycles. The van der Waals surface area contributed by atoms with Crippen molar-refractivity contribution in [1.29, 1.82) is 0 Å². The minimum absolute atomic E-state index is 0.0774. The molecule has 1 fully saturated rings. The Morgan fingerprint density at radius 1 is 1.16 bits per heavy atom. The van der Waals surface area contributed by atoms with Crippen molar-refractivity contribution in [3.05, 3.63) is 53.1 Å². The number of carbonyl (C=O) groups is 1. The monoisotopic (exact) mass is 344 g/mol. The van der Waals surface area contributed by atoms with Crippen molar-refractivity contribution in [2.24, 2.45) is 7.05 Å². The highest BCUT2D eigenvalue weighted by Gasteiger charge is 2.23. The average Bonchev–Trinajstić information content (AvgIpc) is 2.83. The maximum atomic E-state index is 13.0. The normalized spacial score (nSPS) is 16.0. The second-order valence-corrected chi connectivity index (χ2v) is 6.53. The molecule has 0 atom stereocenters. The molecule has 0 N–H and O–H groups in total. The van der Waals surface area contributed by atoms with Gasteiger partial charge in [-0.2, -0.15) is 5.10 Å². The van der Waals surface area contributed by atoms with Gasteiger partial charge in [-0.05, 0) is 30.5 Å². The molecule has 0 spiro atoms. The van der Waals surface area contributed by atoms with Crippen LogP contribution in [0.4, 0.5) is 4.39 Å². The van der Waals surface area contributed by atoms with Gasteiger partial charge in [-0.1, -0.05) is 19.1 Å². The van der Waals surface area contributed by atoms with Crippen molar-refractivity contribution < 1.29 is 9.18 Å². The predicted octanol–water partition coefficient (Wildman–Crippen LogP) is 2.47. The summed E-state index contributed by atoms with van der Waals surface area (Å²) in [5.41, 5.74) is 2.80. The van der Waals surface area contributed by atoms with E-state index < -0.39 is 0 Å². The fourth-order valence-corrected chi connectivity index (χ4v) is 3.41. The van der Waals surface area contributed by atoms with Crippen LogP contribution in [0.3, 0.4) is 0 Å². The Kier molecular flexibility index (Phi) is 5.48. The second-order valence-electron chi connectivity index (χ2n) is 6.53. The van der Waals surface area contributed by atoms with Crippen LogP contribution < -0.4 is 0 Å². The van der Waals surface area contributed by atoms with Crippen LogP contribution in [0.15, 0.2) is 30.5 Å². The number of hydrogen-bond acceptors (Lipinski definition) is 3. The largest absolute Gasteiger partial charge is 0.337 e. The Hall–Kier alpha value is -2.21. The van der Waals surface area contributed by atoms with E-state index in [-0.39, 0.29) is 11.7 Å². The highest BCUT2D eigenvalue weighted by Crippen LogP contribution is 2.15. The number of amides is 1. The van der Waals surface area contributed by atoms with Gasteiger partial charge in [0.1, 0.15) is 5.82 Å². The van der Waals surface area contributed by atoms with Gasteiger partial charge in [-0.15, -0.1) is 0 Å². The highest BCUT2D eigenvalue weighted by atomic mass is 19.1. The zero-order valence-corrected chi connectivity index (χ0v) is 14.9. The molecule has 1 amide bonds. The third kappa shape index (κ3) is 4.07. The molecule has 0 bridgehead atoms. The number of benzene rings is 1. The summed E-state index contributed by atoms with van der Waals surface area (Å²) in [7, 11) is 1.88. The second kappa shape index (κ2) is 7.78. The van der Waals surface area contributed by atoms with Gasteiger partial charge < -0.3 is 4.90 Å². The minimum atomic E-state index is -0.209. The van der Waals surface area contributed by atoms with E-state index in [2.05, 4.69) is 10.00 Å². The summed E-state index contributed by atoms with van der Waals surface area (Å²) in [5, 5.41) is 4.23. The molecule has 0 saturated carbocycles. The van der Waals surface area contributed by atoms with Crippen molar-refractivity contribution in [3.63, 3.8) is 0 Å². The van der Waals surface area contributed by atoms with Gasteiger partial charge in [0.15, 0.2) is 0 Å². The van der Waals surface area contributed by atoms with Crippen LogP contribution in [0.1, 0.15) is 35.0 Å². The summed E-state index contributed by atoms with van der Waals surface area (Å²) in [6, 6.07) is 6.65. The van der Waals surface area contributed by atoms with E-state index in [0.717, 1.165) is 55.8 Å². The maximum absolute atomic E-state index is 13.0. The van der Waals surface area contributed by atoms with Crippen molar-refractivity contribution >= 4 is 5.91 Å². The molecular formula is C19H25FN4O. The van der Waals surface area contributed by atoms with Crippen LogP contribution in [0, 0.1) is 5.82 Å². The number of halogens is 1. The van der Waals surface area contributed by atoms with Crippen LogP contribution in [0.2, 0.25) is 0 Å². The maximum Gasteiger partial charge on any atom is 0.257 e. The van der Waals surface area contributed by atoms with E-state index in [1.54, 1.807) is 10.9 Å². The molecule has 1 aromatic heterocycles. The predicted molar refractivity (Wildman–Crippen MR) is 94.8 cm³/mol. The third-order valence-electron chi connectivity index (χ3n) is 4.82. The summed E-state index contributed by atoms with van der Waals surface area (Å²) >= 11 is 0. The van der Waals surface area contributed by atoms with Gasteiger partial charge in [0.25, 0.3) is 5.91 Å². The number of nitrogens with zero attached hydrogens (tertiary/aromatic N) is 4. The Morgan fingerprint density at radius 2 is 1.92 bits per heavy atom. The first-order valence-corrected chi connectivity index (χ1v) is 8.85. The van der Waals surface area contributed by atoms with Crippen molar-refractivity contribution in [3.8, 4) is 0 Å². The van der Waals surface area contributed by atoms with E-state index in [1.165, 1.54) is 12.1 Å². The molecule has 1 aliphatic rings. The third-order valence-corrected chi connectivity index (χ3v) is 4.82. The molecule has 3 rings (SSSR count). The average molecular weight is 344 g/mol. The van der Waals surface area contributed by atoms with E-state index in [1.807, 2.05) is 31.0 Å². The molecule has 1 aliphatic heterocycles. The van der Waals surface area contributed by atoms with Crippen LogP contribution in [-0.2, 0) is 20.0 Å². The molecule has 0 radical (unpaired) electrons. The molecule has 1 aromatic carbocycles. The van der Waals surface area contributed by atoms with Gasteiger partial charge in [0.05, 0.1) is 17.5 Å². The fourth-order valence-electron chi connectivity index (χ4n) is 3.41.